The molecular formula is C13H21N3O3. The number of nitrogens with one attached hydrogen (secondary N) is 2. The third-order valence-electron chi connectivity index (χ3n) is 2.74. The second-order valence-electron chi connectivity index (χ2n) is 4.26. The number of nitro groups is 1. The third-order valence-corrected chi connectivity index (χ3v) is 2.74. The lowest BCUT2D eigenvalue weighted by Crippen LogP contribution is -2.23. The van der Waals surface area contributed by atoms with Crippen LogP contribution in [0.3, 0.4) is 0 Å². The molecule has 6 nitrogen and oxygen atoms in total. The largest absolute Gasteiger partial charge is 0.385 e. The molecule has 0 spiro atoms. The summed E-state index contributed by atoms with van der Waals surface area (Å²) in [6.45, 7) is 5.27. The van der Waals surface area contributed by atoms with E-state index in [1.54, 1.807) is 13.2 Å². The van der Waals surface area contributed by atoms with E-state index in [9.17, 15) is 10.1 Å². The molecule has 2 N–H and O–H groups in total. The zero-order valence-corrected chi connectivity index (χ0v) is 11.6. The molecule has 0 aliphatic carbocycles. The molecule has 0 radical (unpaired) electrons. The maximum absolute atomic E-state index is 10.9. The summed E-state index contributed by atoms with van der Waals surface area (Å²) in [5.41, 5.74) is 1.55. The van der Waals surface area contributed by atoms with Gasteiger partial charge < -0.3 is 15.4 Å². The average Bonchev–Trinajstić information content (AvgIpc) is 2.38. The minimum absolute atomic E-state index is 0.0771. The number of anilines is 2. The number of nitrogens with zero attached hydrogens (tertiary/aromatic N) is 1. The van der Waals surface area contributed by atoms with E-state index in [0.717, 1.165) is 24.3 Å². The first-order chi connectivity index (χ1) is 9.10. The van der Waals surface area contributed by atoms with Crippen molar-refractivity contribution in [2.24, 2.45) is 0 Å². The van der Waals surface area contributed by atoms with Crippen molar-refractivity contribution in [3.63, 3.8) is 0 Å². The number of ether oxygens (including phenoxy) is 1. The van der Waals surface area contributed by atoms with Crippen molar-refractivity contribution >= 4 is 17.1 Å². The number of hydrogen-bond acceptors (Lipinski definition) is 5. The lowest BCUT2D eigenvalue weighted by atomic mass is 10.2. The van der Waals surface area contributed by atoms with Crippen LogP contribution in [0.1, 0.15) is 20.3 Å². The first kappa shape index (κ1) is 15.2. The normalized spacial score (nSPS) is 11.9. The molecule has 1 unspecified atom stereocenters. The molecule has 0 aliphatic heterocycles. The number of rotatable bonds is 8. The van der Waals surface area contributed by atoms with Crippen LogP contribution in [-0.2, 0) is 4.74 Å². The zero-order valence-electron chi connectivity index (χ0n) is 11.6. The van der Waals surface area contributed by atoms with Crippen LogP contribution in [0.4, 0.5) is 17.1 Å². The highest BCUT2D eigenvalue weighted by atomic mass is 16.6. The number of benzene rings is 1. The summed E-state index contributed by atoms with van der Waals surface area (Å²) in [5, 5.41) is 17.3. The van der Waals surface area contributed by atoms with Gasteiger partial charge in [-0.1, -0.05) is 6.92 Å². The van der Waals surface area contributed by atoms with Crippen molar-refractivity contribution in [2.45, 2.75) is 26.3 Å². The minimum atomic E-state index is -0.386. The van der Waals surface area contributed by atoms with Gasteiger partial charge in [-0.15, -0.1) is 0 Å². The van der Waals surface area contributed by atoms with Crippen molar-refractivity contribution in [3.05, 3.63) is 28.3 Å². The van der Waals surface area contributed by atoms with Gasteiger partial charge in [0.1, 0.15) is 0 Å². The second-order valence-corrected chi connectivity index (χ2v) is 4.26. The monoisotopic (exact) mass is 267 g/mol. The van der Waals surface area contributed by atoms with Crippen LogP contribution >= 0.6 is 0 Å². The SMILES string of the molecule is CCNc1cc(NC(CC)COC)cc([N+](=O)[O-])c1. The van der Waals surface area contributed by atoms with E-state index in [0.29, 0.717) is 6.61 Å². The molecule has 0 heterocycles. The zero-order chi connectivity index (χ0) is 14.3. The predicted octanol–water partition coefficient (Wildman–Crippen LogP) is 2.86. The summed E-state index contributed by atoms with van der Waals surface area (Å²) in [6.07, 6.45) is 0.882. The van der Waals surface area contributed by atoms with Crippen LogP contribution < -0.4 is 10.6 Å². The molecule has 0 fully saturated rings. The van der Waals surface area contributed by atoms with Crippen molar-refractivity contribution in [2.75, 3.05) is 30.9 Å². The van der Waals surface area contributed by atoms with Crippen LogP contribution in [0.2, 0.25) is 0 Å². The van der Waals surface area contributed by atoms with Gasteiger partial charge in [-0.25, -0.2) is 0 Å². The van der Waals surface area contributed by atoms with Crippen LogP contribution in [-0.4, -0.2) is 31.2 Å². The molecule has 0 amide bonds. The fourth-order valence-corrected chi connectivity index (χ4v) is 1.80. The van der Waals surface area contributed by atoms with Gasteiger partial charge in [0.15, 0.2) is 0 Å². The maximum atomic E-state index is 10.9. The Morgan fingerprint density at radius 3 is 2.53 bits per heavy atom. The van der Waals surface area contributed by atoms with E-state index < -0.39 is 0 Å². The summed E-state index contributed by atoms with van der Waals surface area (Å²) < 4.78 is 5.11. The Labute approximate surface area is 113 Å². The highest BCUT2D eigenvalue weighted by Crippen LogP contribution is 2.25. The highest BCUT2D eigenvalue weighted by molar-refractivity contribution is 5.63. The maximum Gasteiger partial charge on any atom is 0.273 e. The van der Waals surface area contributed by atoms with Gasteiger partial charge in [0.2, 0.25) is 0 Å². The Bertz CT molecular complexity index is 424. The Hall–Kier alpha value is -1.82. The van der Waals surface area contributed by atoms with E-state index in [1.165, 1.54) is 6.07 Å². The van der Waals surface area contributed by atoms with E-state index in [4.69, 9.17) is 4.74 Å². The number of non-ortho nitro benzene ring substituents is 1. The van der Waals surface area contributed by atoms with Crippen molar-refractivity contribution in [1.82, 2.24) is 0 Å². The van der Waals surface area contributed by atoms with Crippen LogP contribution in [0.25, 0.3) is 0 Å². The lowest BCUT2D eigenvalue weighted by Gasteiger charge is -2.18. The third kappa shape index (κ3) is 4.75. The molecule has 0 bridgehead atoms. The summed E-state index contributed by atoms with van der Waals surface area (Å²) in [7, 11) is 1.64. The van der Waals surface area contributed by atoms with Crippen LogP contribution in [0.5, 0.6) is 0 Å². The topological polar surface area (TPSA) is 76.4 Å². The number of hydrogen-bond donors (Lipinski definition) is 2. The van der Waals surface area contributed by atoms with Gasteiger partial charge >= 0.3 is 0 Å². The molecular weight excluding hydrogens is 246 g/mol. The number of methoxy groups -OCH3 is 1. The van der Waals surface area contributed by atoms with Gasteiger partial charge in [0.25, 0.3) is 5.69 Å². The fourth-order valence-electron chi connectivity index (χ4n) is 1.80. The molecule has 1 atom stereocenters. The Kier molecular flexibility index (Phi) is 6.08. The summed E-state index contributed by atoms with van der Waals surface area (Å²) in [4.78, 5) is 10.5. The molecule has 1 rings (SSSR count). The van der Waals surface area contributed by atoms with Crippen molar-refractivity contribution < 1.29 is 9.66 Å². The summed E-state index contributed by atoms with van der Waals surface area (Å²) in [5.74, 6) is 0. The summed E-state index contributed by atoms with van der Waals surface area (Å²) in [6, 6.07) is 5.08. The quantitative estimate of drug-likeness (QED) is 0.559. The molecule has 19 heavy (non-hydrogen) atoms. The van der Waals surface area contributed by atoms with E-state index in [1.807, 2.05) is 19.9 Å². The van der Waals surface area contributed by atoms with Gasteiger partial charge in [-0.2, -0.15) is 0 Å². The molecule has 0 saturated carbocycles. The molecule has 6 heteroatoms. The number of nitro benzene ring substituents is 1. The molecule has 1 aromatic rings. The second kappa shape index (κ2) is 7.58. The van der Waals surface area contributed by atoms with E-state index in [-0.39, 0.29) is 16.7 Å². The fraction of sp³-hybridized carbons (Fsp3) is 0.538. The van der Waals surface area contributed by atoms with Crippen molar-refractivity contribution in [1.29, 1.82) is 0 Å². The Morgan fingerprint density at radius 2 is 2.00 bits per heavy atom. The molecule has 106 valence electrons. The first-order valence-electron chi connectivity index (χ1n) is 6.39. The highest BCUT2D eigenvalue weighted by Gasteiger charge is 2.12. The molecule has 1 aromatic carbocycles. The summed E-state index contributed by atoms with van der Waals surface area (Å²) >= 11 is 0. The minimum Gasteiger partial charge on any atom is -0.385 e. The van der Waals surface area contributed by atoms with E-state index in [2.05, 4.69) is 10.6 Å². The van der Waals surface area contributed by atoms with E-state index >= 15 is 0 Å². The first-order valence-corrected chi connectivity index (χ1v) is 6.39. The Balaban J connectivity index is 2.94. The van der Waals surface area contributed by atoms with Crippen LogP contribution in [0, 0.1) is 10.1 Å². The molecule has 0 aliphatic rings. The van der Waals surface area contributed by atoms with Gasteiger partial charge in [0.05, 0.1) is 11.5 Å². The Morgan fingerprint density at radius 1 is 1.32 bits per heavy atom. The molecule has 0 saturated heterocycles. The van der Waals surface area contributed by atoms with Crippen molar-refractivity contribution in [3.8, 4) is 0 Å². The van der Waals surface area contributed by atoms with Gasteiger partial charge in [0, 0.05) is 43.2 Å². The average molecular weight is 267 g/mol. The predicted molar refractivity (Wildman–Crippen MR) is 76.8 cm³/mol. The van der Waals surface area contributed by atoms with Gasteiger partial charge in [-0.3, -0.25) is 10.1 Å². The lowest BCUT2D eigenvalue weighted by molar-refractivity contribution is -0.384. The van der Waals surface area contributed by atoms with Gasteiger partial charge in [-0.05, 0) is 19.4 Å². The smallest absolute Gasteiger partial charge is 0.273 e. The standard InChI is InChI=1S/C13H21N3O3/c1-4-10(9-19-3)15-12-6-11(14-5-2)7-13(8-12)16(17)18/h6-8,10,14-15H,4-5,9H2,1-3H3. The van der Waals surface area contributed by atoms with Crippen LogP contribution in [0.15, 0.2) is 18.2 Å². The molecule has 0 aromatic heterocycles.